The number of rotatable bonds is 2. The summed E-state index contributed by atoms with van der Waals surface area (Å²) in [6, 6.07) is 0.0185. The minimum atomic E-state index is -0.190. The maximum atomic E-state index is 11.0. The summed E-state index contributed by atoms with van der Waals surface area (Å²) < 4.78 is 0. The molecule has 1 aliphatic heterocycles. The zero-order valence-corrected chi connectivity index (χ0v) is 6.70. The van der Waals surface area contributed by atoms with Crippen LogP contribution in [0.1, 0.15) is 20.3 Å². The van der Waals surface area contributed by atoms with E-state index in [1.165, 1.54) is 17.1 Å². The lowest BCUT2D eigenvalue weighted by Gasteiger charge is -2.20. The van der Waals surface area contributed by atoms with Crippen LogP contribution in [-0.2, 0) is 9.59 Å². The van der Waals surface area contributed by atoms with Crippen LogP contribution in [0.5, 0.6) is 0 Å². The van der Waals surface area contributed by atoms with Gasteiger partial charge in [-0.05, 0) is 13.3 Å². The molecule has 1 atom stereocenters. The van der Waals surface area contributed by atoms with Gasteiger partial charge in [0.1, 0.15) is 0 Å². The first-order valence-electron chi connectivity index (χ1n) is 3.72. The van der Waals surface area contributed by atoms with Gasteiger partial charge in [-0.2, -0.15) is 0 Å². The van der Waals surface area contributed by atoms with Gasteiger partial charge in [0.2, 0.25) is 0 Å². The SMILES string of the molecule is CCC(C)N1C(=O)C=CC1=O. The second-order valence-electron chi connectivity index (χ2n) is 2.64. The van der Waals surface area contributed by atoms with Crippen molar-refractivity contribution in [2.45, 2.75) is 26.3 Å². The summed E-state index contributed by atoms with van der Waals surface area (Å²) in [5, 5.41) is 0. The highest BCUT2D eigenvalue weighted by Crippen LogP contribution is 2.10. The Labute approximate surface area is 65.7 Å². The molecule has 3 nitrogen and oxygen atoms in total. The van der Waals surface area contributed by atoms with Gasteiger partial charge in [0.05, 0.1) is 0 Å². The van der Waals surface area contributed by atoms with Gasteiger partial charge in [-0.3, -0.25) is 14.5 Å². The normalized spacial score (nSPS) is 19.6. The average molecular weight is 153 g/mol. The van der Waals surface area contributed by atoms with E-state index in [2.05, 4.69) is 0 Å². The molecule has 60 valence electrons. The van der Waals surface area contributed by atoms with E-state index in [9.17, 15) is 9.59 Å². The highest BCUT2D eigenvalue weighted by Gasteiger charge is 2.26. The van der Waals surface area contributed by atoms with Crippen LogP contribution in [0.4, 0.5) is 0 Å². The number of imide groups is 1. The highest BCUT2D eigenvalue weighted by atomic mass is 16.2. The predicted octanol–water partition coefficient (Wildman–Crippen LogP) is 0.710. The van der Waals surface area contributed by atoms with Crippen molar-refractivity contribution in [3.05, 3.63) is 12.2 Å². The van der Waals surface area contributed by atoms with Crippen molar-refractivity contribution >= 4 is 11.8 Å². The minimum Gasteiger partial charge on any atom is -0.273 e. The molecule has 0 aromatic rings. The molecule has 0 fully saturated rings. The van der Waals surface area contributed by atoms with Crippen molar-refractivity contribution in [1.29, 1.82) is 0 Å². The van der Waals surface area contributed by atoms with E-state index in [0.717, 1.165) is 6.42 Å². The smallest absolute Gasteiger partial charge is 0.253 e. The first kappa shape index (κ1) is 7.98. The van der Waals surface area contributed by atoms with E-state index in [0.29, 0.717) is 0 Å². The molecule has 0 saturated carbocycles. The van der Waals surface area contributed by atoms with E-state index in [1.807, 2.05) is 13.8 Å². The van der Waals surface area contributed by atoms with Gasteiger partial charge < -0.3 is 0 Å². The molecule has 1 heterocycles. The number of hydrogen-bond donors (Lipinski definition) is 0. The maximum absolute atomic E-state index is 11.0. The van der Waals surface area contributed by atoms with Crippen LogP contribution in [0.3, 0.4) is 0 Å². The van der Waals surface area contributed by atoms with Gasteiger partial charge >= 0.3 is 0 Å². The number of hydrogen-bond acceptors (Lipinski definition) is 2. The van der Waals surface area contributed by atoms with Crippen molar-refractivity contribution in [3.8, 4) is 0 Å². The van der Waals surface area contributed by atoms with E-state index >= 15 is 0 Å². The lowest BCUT2D eigenvalue weighted by molar-refractivity contribution is -0.139. The van der Waals surface area contributed by atoms with Crippen LogP contribution in [0.15, 0.2) is 12.2 Å². The molecule has 0 aliphatic carbocycles. The van der Waals surface area contributed by atoms with Gasteiger partial charge in [-0.1, -0.05) is 6.92 Å². The van der Waals surface area contributed by atoms with Gasteiger partial charge in [0, 0.05) is 18.2 Å². The quantitative estimate of drug-likeness (QED) is 0.548. The fourth-order valence-corrected chi connectivity index (χ4v) is 1.03. The molecule has 0 spiro atoms. The number of carbonyl (C=O) groups is 2. The van der Waals surface area contributed by atoms with Crippen molar-refractivity contribution in [2.75, 3.05) is 0 Å². The molecule has 0 aromatic heterocycles. The molecule has 3 heteroatoms. The third-order valence-corrected chi connectivity index (χ3v) is 1.87. The van der Waals surface area contributed by atoms with Crippen LogP contribution in [0, 0.1) is 0 Å². The summed E-state index contributed by atoms with van der Waals surface area (Å²) in [4.78, 5) is 23.3. The van der Waals surface area contributed by atoms with Crippen LogP contribution in [0.25, 0.3) is 0 Å². The van der Waals surface area contributed by atoms with Crippen molar-refractivity contribution in [3.63, 3.8) is 0 Å². The number of amides is 2. The van der Waals surface area contributed by atoms with Crippen molar-refractivity contribution in [1.82, 2.24) is 4.90 Å². The molecule has 1 unspecified atom stereocenters. The van der Waals surface area contributed by atoms with Crippen LogP contribution in [-0.4, -0.2) is 22.8 Å². The summed E-state index contributed by atoms with van der Waals surface area (Å²) in [7, 11) is 0. The van der Waals surface area contributed by atoms with Crippen LogP contribution < -0.4 is 0 Å². The van der Waals surface area contributed by atoms with Gasteiger partial charge in [-0.25, -0.2) is 0 Å². The van der Waals surface area contributed by atoms with E-state index < -0.39 is 0 Å². The lowest BCUT2D eigenvalue weighted by Crippen LogP contribution is -2.37. The highest BCUT2D eigenvalue weighted by molar-refractivity contribution is 6.13. The standard InChI is InChI=1S/C8H11NO2/c1-3-6(2)9-7(10)4-5-8(9)11/h4-6H,3H2,1-2H3. The Balaban J connectivity index is 2.73. The molecule has 0 N–H and O–H groups in total. The van der Waals surface area contributed by atoms with Crippen LogP contribution in [0.2, 0.25) is 0 Å². The zero-order valence-electron chi connectivity index (χ0n) is 6.70. The Kier molecular flexibility index (Phi) is 2.08. The van der Waals surface area contributed by atoms with Crippen molar-refractivity contribution in [2.24, 2.45) is 0 Å². The first-order chi connectivity index (χ1) is 5.16. The Morgan fingerprint density at radius 1 is 1.36 bits per heavy atom. The first-order valence-corrected chi connectivity index (χ1v) is 3.72. The largest absolute Gasteiger partial charge is 0.273 e. The molecule has 1 rings (SSSR count). The molecule has 0 aromatic carbocycles. The monoisotopic (exact) mass is 153 g/mol. The van der Waals surface area contributed by atoms with E-state index in [1.54, 1.807) is 0 Å². The summed E-state index contributed by atoms with van der Waals surface area (Å²) in [6.07, 6.45) is 3.43. The minimum absolute atomic E-state index is 0.0185. The topological polar surface area (TPSA) is 37.4 Å². The third kappa shape index (κ3) is 1.31. The van der Waals surface area contributed by atoms with Gasteiger partial charge in [0.25, 0.3) is 11.8 Å². The van der Waals surface area contributed by atoms with Crippen molar-refractivity contribution < 1.29 is 9.59 Å². The summed E-state index contributed by atoms with van der Waals surface area (Å²) in [5.41, 5.74) is 0. The molecule has 0 saturated heterocycles. The Morgan fingerprint density at radius 3 is 2.18 bits per heavy atom. The molecular weight excluding hydrogens is 142 g/mol. The predicted molar refractivity (Wildman–Crippen MR) is 40.7 cm³/mol. The lowest BCUT2D eigenvalue weighted by atomic mass is 10.2. The Hall–Kier alpha value is -1.12. The maximum Gasteiger partial charge on any atom is 0.253 e. The van der Waals surface area contributed by atoms with E-state index in [4.69, 9.17) is 0 Å². The fraction of sp³-hybridized carbons (Fsp3) is 0.500. The molecule has 11 heavy (non-hydrogen) atoms. The number of carbonyl (C=O) groups excluding carboxylic acids is 2. The van der Waals surface area contributed by atoms with Gasteiger partial charge in [0.15, 0.2) is 0 Å². The molecule has 1 aliphatic rings. The molecule has 0 bridgehead atoms. The van der Waals surface area contributed by atoms with Gasteiger partial charge in [-0.15, -0.1) is 0 Å². The number of nitrogens with zero attached hydrogens (tertiary/aromatic N) is 1. The summed E-state index contributed by atoms with van der Waals surface area (Å²) >= 11 is 0. The Morgan fingerprint density at radius 2 is 1.82 bits per heavy atom. The third-order valence-electron chi connectivity index (χ3n) is 1.87. The van der Waals surface area contributed by atoms with Crippen LogP contribution >= 0.6 is 0 Å². The summed E-state index contributed by atoms with van der Waals surface area (Å²) in [5.74, 6) is -0.381. The molecular formula is C8H11NO2. The molecule has 2 amide bonds. The second-order valence-corrected chi connectivity index (χ2v) is 2.64. The van der Waals surface area contributed by atoms with E-state index in [-0.39, 0.29) is 17.9 Å². The molecule has 0 radical (unpaired) electrons. The zero-order chi connectivity index (χ0) is 8.43. The second kappa shape index (κ2) is 2.86. The summed E-state index contributed by atoms with van der Waals surface area (Å²) in [6.45, 7) is 3.81. The Bertz CT molecular complexity index is 202. The fourth-order valence-electron chi connectivity index (χ4n) is 1.03. The average Bonchev–Trinajstić information content (AvgIpc) is 2.30.